The van der Waals surface area contributed by atoms with Gasteiger partial charge in [0.2, 0.25) is 5.91 Å². The molecule has 3 heterocycles. The number of ether oxygens (including phenoxy) is 6. The number of hydrogen-bond acceptors (Lipinski definition) is 18. The summed E-state index contributed by atoms with van der Waals surface area (Å²) in [4.78, 5) is 13.4. The molecule has 0 aliphatic carbocycles. The minimum Gasteiger partial charge on any atom is -0.394 e. The summed E-state index contributed by atoms with van der Waals surface area (Å²) < 4.78 is 34.4. The Kier molecular flexibility index (Phi) is 46.4. The number of allylic oxidation sites excluding steroid dienone is 4. The fourth-order valence-electron chi connectivity index (χ4n) is 12.1. The molecule has 87 heavy (non-hydrogen) atoms. The van der Waals surface area contributed by atoms with Gasteiger partial charge in [-0.1, -0.05) is 244 Å². The molecule has 17 atom stereocenters. The Morgan fingerprint density at radius 3 is 1.17 bits per heavy atom. The highest BCUT2D eigenvalue weighted by Gasteiger charge is 2.53. The van der Waals surface area contributed by atoms with E-state index in [0.29, 0.717) is 12.8 Å². The van der Waals surface area contributed by atoms with E-state index >= 15 is 0 Å². The lowest BCUT2D eigenvalue weighted by atomic mass is 9.96. The SMILES string of the molecule is CCCCCCC/C=C\C/C=C\CCCCCCCCCCCCCCCCCCCC(=O)NC(COC1OC(CO)C(OC2OC(CO)C(OC3OC(CO)C(O)C(O)C3O)C(O)C2O)C(O)C1O)C(O)CCCCCCCCCCCCCCC. The topological polar surface area (TPSA) is 307 Å². The zero-order valence-electron chi connectivity index (χ0n) is 54.0. The van der Waals surface area contributed by atoms with Crippen molar-refractivity contribution in [3.8, 4) is 0 Å². The Labute approximate surface area is 524 Å². The highest BCUT2D eigenvalue weighted by atomic mass is 16.8. The molecular formula is C68H127NO18. The van der Waals surface area contributed by atoms with Crippen LogP contribution >= 0.6 is 0 Å². The smallest absolute Gasteiger partial charge is 0.220 e. The average Bonchev–Trinajstić information content (AvgIpc) is 1.69. The van der Waals surface area contributed by atoms with Crippen LogP contribution in [0.1, 0.15) is 271 Å². The van der Waals surface area contributed by atoms with Crippen LogP contribution in [0, 0.1) is 0 Å². The van der Waals surface area contributed by atoms with Crippen molar-refractivity contribution in [1.82, 2.24) is 5.32 Å². The molecule has 0 radical (unpaired) electrons. The molecule has 0 aromatic carbocycles. The summed E-state index contributed by atoms with van der Waals surface area (Å²) in [7, 11) is 0. The number of rotatable bonds is 54. The maximum atomic E-state index is 13.4. The van der Waals surface area contributed by atoms with E-state index in [1.165, 1.54) is 186 Å². The standard InChI is InChI=1S/C68H127NO18/c1-3-5-7-9-11-13-15-17-18-19-20-21-22-23-24-25-26-27-28-29-30-31-32-34-36-38-40-42-44-46-56(74)69-51(52(73)45-43-41-39-37-35-33-16-14-12-10-8-6-4-2)50-82-66-62(80)59(77)64(54(48-71)84-66)87-68-63(81)60(78)65(55(49-72)85-68)86-67-61(79)58(76)57(75)53(47-70)83-67/h15,17,19-20,51-55,57-68,70-73,75-81H,3-14,16,18,21-50H2,1-2H3,(H,69,74)/b17-15-,20-19-. The molecule has 19 heteroatoms. The number of nitrogens with one attached hydrogen (secondary N) is 1. The zero-order chi connectivity index (χ0) is 63.3. The number of aliphatic hydroxyl groups is 11. The molecule has 3 fully saturated rings. The second kappa shape index (κ2) is 50.8. The van der Waals surface area contributed by atoms with Gasteiger partial charge in [0.15, 0.2) is 18.9 Å². The summed E-state index contributed by atoms with van der Waals surface area (Å²) in [6.45, 7) is 1.80. The van der Waals surface area contributed by atoms with Crippen LogP contribution in [0.5, 0.6) is 0 Å². The van der Waals surface area contributed by atoms with Gasteiger partial charge >= 0.3 is 0 Å². The van der Waals surface area contributed by atoms with Crippen LogP contribution < -0.4 is 5.32 Å². The first-order valence-electron chi connectivity index (χ1n) is 35.1. The molecule has 1 amide bonds. The molecule has 3 aliphatic rings. The molecule has 17 unspecified atom stereocenters. The van der Waals surface area contributed by atoms with E-state index in [9.17, 15) is 61.0 Å². The Morgan fingerprint density at radius 2 is 0.759 bits per heavy atom. The van der Waals surface area contributed by atoms with Gasteiger partial charge < -0.3 is 89.9 Å². The Balaban J connectivity index is 1.37. The summed E-state index contributed by atoms with van der Waals surface area (Å²) in [5, 5.41) is 121. The normalized spacial score (nSPS) is 28.7. The predicted molar refractivity (Wildman–Crippen MR) is 337 cm³/mol. The van der Waals surface area contributed by atoms with Crippen LogP contribution in [0.25, 0.3) is 0 Å². The van der Waals surface area contributed by atoms with Gasteiger partial charge in [-0.25, -0.2) is 0 Å². The molecule has 19 nitrogen and oxygen atoms in total. The fourth-order valence-corrected chi connectivity index (χ4v) is 12.1. The second-order valence-corrected chi connectivity index (χ2v) is 25.3. The Morgan fingerprint density at radius 1 is 0.414 bits per heavy atom. The number of carbonyl (C=O) groups excluding carboxylic acids is 1. The molecule has 3 aliphatic heterocycles. The van der Waals surface area contributed by atoms with Gasteiger partial charge in [0.05, 0.1) is 38.6 Å². The van der Waals surface area contributed by atoms with Crippen molar-refractivity contribution in [2.24, 2.45) is 0 Å². The minimum absolute atomic E-state index is 0.240. The lowest BCUT2D eigenvalue weighted by molar-refractivity contribution is -0.379. The molecule has 0 aromatic heterocycles. The predicted octanol–water partition coefficient (Wildman–Crippen LogP) is 9.05. The third-order valence-corrected chi connectivity index (χ3v) is 17.8. The van der Waals surface area contributed by atoms with Crippen molar-refractivity contribution < 1.29 is 89.4 Å². The van der Waals surface area contributed by atoms with E-state index in [-0.39, 0.29) is 18.9 Å². The number of carbonyl (C=O) groups is 1. The molecule has 0 bridgehead atoms. The average molecular weight is 1250 g/mol. The van der Waals surface area contributed by atoms with Crippen molar-refractivity contribution in [3.05, 3.63) is 24.3 Å². The number of aliphatic hydroxyl groups excluding tert-OH is 11. The van der Waals surface area contributed by atoms with Crippen LogP contribution in [0.4, 0.5) is 0 Å². The van der Waals surface area contributed by atoms with E-state index in [1.807, 2.05) is 0 Å². The largest absolute Gasteiger partial charge is 0.394 e. The van der Waals surface area contributed by atoms with E-state index in [2.05, 4.69) is 43.5 Å². The molecule has 0 spiro atoms. The summed E-state index contributed by atoms with van der Waals surface area (Å²) in [6.07, 6.45) is 29.8. The monoisotopic (exact) mass is 1250 g/mol. The maximum absolute atomic E-state index is 13.4. The Hall–Kier alpha value is -1.73. The van der Waals surface area contributed by atoms with E-state index in [4.69, 9.17) is 28.4 Å². The van der Waals surface area contributed by atoms with Gasteiger partial charge in [-0.15, -0.1) is 0 Å². The van der Waals surface area contributed by atoms with Crippen molar-refractivity contribution in [3.63, 3.8) is 0 Å². The summed E-state index contributed by atoms with van der Waals surface area (Å²) in [5.41, 5.74) is 0. The highest BCUT2D eigenvalue weighted by Crippen LogP contribution is 2.33. The van der Waals surface area contributed by atoms with Gasteiger partial charge in [-0.05, 0) is 44.9 Å². The quantitative estimate of drug-likeness (QED) is 0.0200. The number of unbranched alkanes of at least 4 members (excludes halogenated alkanes) is 34. The lowest BCUT2D eigenvalue weighted by Crippen LogP contribution is -2.66. The van der Waals surface area contributed by atoms with E-state index in [1.54, 1.807) is 0 Å². The zero-order valence-corrected chi connectivity index (χ0v) is 54.0. The molecule has 3 saturated heterocycles. The molecule has 0 saturated carbocycles. The van der Waals surface area contributed by atoms with Gasteiger partial charge in [0.1, 0.15) is 73.2 Å². The highest BCUT2D eigenvalue weighted by molar-refractivity contribution is 5.76. The third kappa shape index (κ3) is 33.1. The van der Waals surface area contributed by atoms with Crippen molar-refractivity contribution in [2.75, 3.05) is 26.4 Å². The Bertz CT molecular complexity index is 1680. The van der Waals surface area contributed by atoms with Gasteiger partial charge in [-0.3, -0.25) is 4.79 Å². The summed E-state index contributed by atoms with van der Waals surface area (Å²) in [5.74, 6) is -0.240. The molecular weight excluding hydrogens is 1120 g/mol. The number of hydrogen-bond donors (Lipinski definition) is 12. The third-order valence-electron chi connectivity index (χ3n) is 17.8. The molecule has 3 rings (SSSR count). The van der Waals surface area contributed by atoms with Crippen LogP contribution in [0.15, 0.2) is 24.3 Å². The van der Waals surface area contributed by atoms with Gasteiger partial charge in [0.25, 0.3) is 0 Å². The van der Waals surface area contributed by atoms with Crippen molar-refractivity contribution in [2.45, 2.75) is 375 Å². The maximum Gasteiger partial charge on any atom is 0.220 e. The summed E-state index contributed by atoms with van der Waals surface area (Å²) in [6, 6.07) is -0.884. The first-order valence-corrected chi connectivity index (χ1v) is 35.1. The minimum atomic E-state index is -1.97. The summed E-state index contributed by atoms with van der Waals surface area (Å²) >= 11 is 0. The van der Waals surface area contributed by atoms with Crippen LogP contribution in [0.2, 0.25) is 0 Å². The fraction of sp³-hybridized carbons (Fsp3) is 0.926. The van der Waals surface area contributed by atoms with Gasteiger partial charge in [-0.2, -0.15) is 0 Å². The first-order chi connectivity index (χ1) is 42.3. The van der Waals surface area contributed by atoms with Gasteiger partial charge in [0, 0.05) is 6.42 Å². The van der Waals surface area contributed by atoms with Crippen LogP contribution in [-0.2, 0) is 33.2 Å². The lowest BCUT2D eigenvalue weighted by Gasteiger charge is -2.48. The van der Waals surface area contributed by atoms with E-state index < -0.39 is 124 Å². The van der Waals surface area contributed by atoms with E-state index in [0.717, 1.165) is 51.4 Å². The van der Waals surface area contributed by atoms with Crippen molar-refractivity contribution in [1.29, 1.82) is 0 Å². The second-order valence-electron chi connectivity index (χ2n) is 25.3. The molecule has 0 aromatic rings. The molecule has 512 valence electrons. The first kappa shape index (κ1) is 79.5. The molecule has 12 N–H and O–H groups in total. The van der Waals surface area contributed by atoms with Crippen LogP contribution in [0.3, 0.4) is 0 Å². The van der Waals surface area contributed by atoms with Crippen LogP contribution in [-0.4, -0.2) is 193 Å². The van der Waals surface area contributed by atoms with Crippen molar-refractivity contribution >= 4 is 5.91 Å². The number of amides is 1.